The molecule has 0 unspecified atom stereocenters. The minimum Gasteiger partial charge on any atom is -0.368 e. The number of benzene rings is 1. The molecule has 6 nitrogen and oxygen atoms in total. The SMILES string of the molecule is Cc1nn(-c2nc(CC(=O)N3CCN(c4ccc(F)cc4)CC3)cs2)c(C)c1C. The fraction of sp³-hybridized carbons (Fsp3) is 0.381. The highest BCUT2D eigenvalue weighted by Crippen LogP contribution is 2.21. The average molecular weight is 414 g/mol. The van der Waals surface area contributed by atoms with Crippen LogP contribution in [0.4, 0.5) is 10.1 Å². The molecule has 3 aromatic rings. The van der Waals surface area contributed by atoms with Gasteiger partial charge in [-0.3, -0.25) is 4.79 Å². The standard InChI is InChI=1S/C21H24FN5OS/c1-14-15(2)24-27(16(14)3)21-23-18(13-29-21)12-20(28)26-10-8-25(9-11-26)19-6-4-17(22)5-7-19/h4-7,13H,8-12H2,1-3H3. The maximum Gasteiger partial charge on any atom is 0.228 e. The number of carbonyl (C=O) groups excluding carboxylic acids is 1. The van der Waals surface area contributed by atoms with Crippen molar-refractivity contribution in [1.82, 2.24) is 19.7 Å². The molecule has 1 aliphatic rings. The monoisotopic (exact) mass is 413 g/mol. The van der Waals surface area contributed by atoms with Crippen LogP contribution in [0.1, 0.15) is 22.6 Å². The first-order chi connectivity index (χ1) is 13.9. The summed E-state index contributed by atoms with van der Waals surface area (Å²) in [4.78, 5) is 21.4. The Kier molecular flexibility index (Phi) is 5.36. The molecule has 0 bridgehead atoms. The number of amides is 1. The Labute approximate surface area is 173 Å². The highest BCUT2D eigenvalue weighted by atomic mass is 32.1. The minimum atomic E-state index is -0.235. The number of carbonyl (C=O) groups is 1. The first kappa shape index (κ1) is 19.6. The molecule has 1 fully saturated rings. The molecule has 2 aromatic heterocycles. The van der Waals surface area contributed by atoms with Crippen LogP contribution in [0.25, 0.3) is 5.13 Å². The second-order valence-electron chi connectivity index (χ2n) is 7.35. The molecule has 0 aliphatic carbocycles. The Bertz CT molecular complexity index is 1020. The van der Waals surface area contributed by atoms with E-state index in [1.54, 1.807) is 12.1 Å². The van der Waals surface area contributed by atoms with Gasteiger partial charge in [-0.1, -0.05) is 0 Å². The van der Waals surface area contributed by atoms with Gasteiger partial charge < -0.3 is 9.80 Å². The van der Waals surface area contributed by atoms with Gasteiger partial charge in [0.1, 0.15) is 5.82 Å². The molecule has 152 valence electrons. The van der Waals surface area contributed by atoms with E-state index in [4.69, 9.17) is 0 Å². The van der Waals surface area contributed by atoms with Gasteiger partial charge in [0.25, 0.3) is 0 Å². The lowest BCUT2D eigenvalue weighted by atomic mass is 10.2. The minimum absolute atomic E-state index is 0.0881. The van der Waals surface area contributed by atoms with Gasteiger partial charge in [0, 0.05) is 42.9 Å². The van der Waals surface area contributed by atoms with Crippen molar-refractivity contribution in [3.05, 3.63) is 58.1 Å². The summed E-state index contributed by atoms with van der Waals surface area (Å²) in [6.45, 7) is 8.87. The first-order valence-electron chi connectivity index (χ1n) is 9.68. The number of nitrogens with zero attached hydrogens (tertiary/aromatic N) is 5. The third kappa shape index (κ3) is 4.03. The fourth-order valence-corrected chi connectivity index (χ4v) is 4.34. The summed E-state index contributed by atoms with van der Waals surface area (Å²) < 4.78 is 15.0. The summed E-state index contributed by atoms with van der Waals surface area (Å²) in [5.74, 6) is -0.147. The van der Waals surface area contributed by atoms with E-state index in [2.05, 4.69) is 21.9 Å². The Balaban J connectivity index is 1.36. The van der Waals surface area contributed by atoms with Gasteiger partial charge in [-0.2, -0.15) is 5.10 Å². The summed E-state index contributed by atoms with van der Waals surface area (Å²) in [6.07, 6.45) is 0.297. The molecule has 0 spiro atoms. The smallest absolute Gasteiger partial charge is 0.228 e. The van der Waals surface area contributed by atoms with Crippen LogP contribution in [-0.2, 0) is 11.2 Å². The molecule has 8 heteroatoms. The molecule has 29 heavy (non-hydrogen) atoms. The predicted octanol–water partition coefficient (Wildman–Crippen LogP) is 3.28. The lowest BCUT2D eigenvalue weighted by Gasteiger charge is -2.36. The number of anilines is 1. The second kappa shape index (κ2) is 7.94. The van der Waals surface area contributed by atoms with Crippen LogP contribution in [-0.4, -0.2) is 51.8 Å². The third-order valence-corrected chi connectivity index (χ3v) is 6.40. The van der Waals surface area contributed by atoms with E-state index in [9.17, 15) is 9.18 Å². The first-order valence-corrected chi connectivity index (χ1v) is 10.6. The summed E-state index contributed by atoms with van der Waals surface area (Å²) in [5.41, 5.74) is 5.00. The van der Waals surface area contributed by atoms with Gasteiger partial charge in [-0.25, -0.2) is 14.1 Å². The van der Waals surface area contributed by atoms with Crippen molar-refractivity contribution in [2.45, 2.75) is 27.2 Å². The van der Waals surface area contributed by atoms with Crippen molar-refractivity contribution < 1.29 is 9.18 Å². The van der Waals surface area contributed by atoms with Crippen molar-refractivity contribution in [3.63, 3.8) is 0 Å². The van der Waals surface area contributed by atoms with Gasteiger partial charge in [-0.05, 0) is 50.6 Å². The average Bonchev–Trinajstić information content (AvgIpc) is 3.28. The topological polar surface area (TPSA) is 54.3 Å². The molecule has 1 aromatic carbocycles. The highest BCUT2D eigenvalue weighted by molar-refractivity contribution is 7.12. The van der Waals surface area contributed by atoms with E-state index in [1.807, 2.05) is 28.8 Å². The molecule has 1 amide bonds. The van der Waals surface area contributed by atoms with Crippen LogP contribution < -0.4 is 4.90 Å². The van der Waals surface area contributed by atoms with Crippen LogP contribution in [0.2, 0.25) is 0 Å². The number of rotatable bonds is 4. The van der Waals surface area contributed by atoms with Crippen molar-refractivity contribution in [2.75, 3.05) is 31.1 Å². The lowest BCUT2D eigenvalue weighted by Crippen LogP contribution is -2.49. The van der Waals surface area contributed by atoms with Gasteiger partial charge in [-0.15, -0.1) is 11.3 Å². The molecule has 0 atom stereocenters. The molecule has 0 N–H and O–H groups in total. The van der Waals surface area contributed by atoms with Crippen LogP contribution in [0.3, 0.4) is 0 Å². The summed E-state index contributed by atoms with van der Waals surface area (Å²) in [7, 11) is 0. The number of hydrogen-bond donors (Lipinski definition) is 0. The fourth-order valence-electron chi connectivity index (χ4n) is 3.51. The van der Waals surface area contributed by atoms with Crippen molar-refractivity contribution in [2.24, 2.45) is 0 Å². The van der Waals surface area contributed by atoms with E-state index >= 15 is 0 Å². The van der Waals surface area contributed by atoms with Crippen LogP contribution >= 0.6 is 11.3 Å². The Morgan fingerprint density at radius 1 is 1.10 bits per heavy atom. The Hall–Kier alpha value is -2.74. The maximum absolute atomic E-state index is 13.1. The van der Waals surface area contributed by atoms with E-state index in [0.717, 1.165) is 46.6 Å². The van der Waals surface area contributed by atoms with E-state index in [0.29, 0.717) is 19.5 Å². The maximum atomic E-state index is 13.1. The van der Waals surface area contributed by atoms with Gasteiger partial charge >= 0.3 is 0 Å². The second-order valence-corrected chi connectivity index (χ2v) is 8.19. The number of hydrogen-bond acceptors (Lipinski definition) is 5. The quantitative estimate of drug-likeness (QED) is 0.659. The number of aromatic nitrogens is 3. The molecular formula is C21H24FN5OS. The summed E-state index contributed by atoms with van der Waals surface area (Å²) in [5, 5.41) is 7.28. The van der Waals surface area contributed by atoms with Gasteiger partial charge in [0.05, 0.1) is 17.8 Å². The van der Waals surface area contributed by atoms with Gasteiger partial charge in [0.15, 0.2) is 0 Å². The van der Waals surface area contributed by atoms with Crippen LogP contribution in [0, 0.1) is 26.6 Å². The highest BCUT2D eigenvalue weighted by Gasteiger charge is 2.22. The van der Waals surface area contributed by atoms with E-state index in [1.165, 1.54) is 23.5 Å². The van der Waals surface area contributed by atoms with Gasteiger partial charge in [0.2, 0.25) is 11.0 Å². The van der Waals surface area contributed by atoms with Crippen LogP contribution in [0.15, 0.2) is 29.6 Å². The molecular weight excluding hydrogens is 389 g/mol. The number of aryl methyl sites for hydroxylation is 1. The summed E-state index contributed by atoms with van der Waals surface area (Å²) >= 11 is 1.51. The third-order valence-electron chi connectivity index (χ3n) is 5.53. The molecule has 3 heterocycles. The molecule has 1 aliphatic heterocycles. The number of thiazole rings is 1. The Morgan fingerprint density at radius 2 is 1.79 bits per heavy atom. The Morgan fingerprint density at radius 3 is 2.41 bits per heavy atom. The largest absolute Gasteiger partial charge is 0.368 e. The van der Waals surface area contributed by atoms with Crippen molar-refractivity contribution >= 4 is 22.9 Å². The van der Waals surface area contributed by atoms with Crippen molar-refractivity contribution in [3.8, 4) is 5.13 Å². The number of piperazine rings is 1. The van der Waals surface area contributed by atoms with E-state index < -0.39 is 0 Å². The normalized spacial score (nSPS) is 14.5. The lowest BCUT2D eigenvalue weighted by molar-refractivity contribution is -0.130. The molecule has 0 saturated carbocycles. The number of halogens is 1. The zero-order valence-electron chi connectivity index (χ0n) is 16.9. The molecule has 1 saturated heterocycles. The zero-order chi connectivity index (χ0) is 20.5. The molecule has 4 rings (SSSR count). The predicted molar refractivity (Wildman–Crippen MR) is 112 cm³/mol. The van der Waals surface area contributed by atoms with Crippen molar-refractivity contribution in [1.29, 1.82) is 0 Å². The van der Waals surface area contributed by atoms with E-state index in [-0.39, 0.29) is 11.7 Å². The zero-order valence-corrected chi connectivity index (χ0v) is 17.7. The molecule has 0 radical (unpaired) electrons. The van der Waals surface area contributed by atoms with Crippen LogP contribution in [0.5, 0.6) is 0 Å². The summed E-state index contributed by atoms with van der Waals surface area (Å²) in [6, 6.07) is 6.50.